The van der Waals surface area contributed by atoms with Crippen LogP contribution in [0.2, 0.25) is 0 Å². The van der Waals surface area contributed by atoms with E-state index < -0.39 is 10.0 Å². The van der Waals surface area contributed by atoms with Gasteiger partial charge in [-0.3, -0.25) is 0 Å². The van der Waals surface area contributed by atoms with Gasteiger partial charge in [0.15, 0.2) is 0 Å². The maximum Gasteiger partial charge on any atom is 0.211 e. The summed E-state index contributed by atoms with van der Waals surface area (Å²) in [5.41, 5.74) is 1.38. The lowest BCUT2D eigenvalue weighted by Crippen LogP contribution is -2.52. The fourth-order valence-corrected chi connectivity index (χ4v) is 4.31. The Hall–Kier alpha value is -0.910. The van der Waals surface area contributed by atoms with Crippen LogP contribution in [0, 0.1) is 5.92 Å². The molecular formula is C18H30N2O2S. The molecule has 2 rings (SSSR count). The van der Waals surface area contributed by atoms with Crippen molar-refractivity contribution in [3.05, 3.63) is 35.9 Å². The van der Waals surface area contributed by atoms with Gasteiger partial charge in [0, 0.05) is 25.2 Å². The van der Waals surface area contributed by atoms with Gasteiger partial charge in [0.1, 0.15) is 0 Å². The minimum atomic E-state index is -3.06. The van der Waals surface area contributed by atoms with Crippen LogP contribution in [-0.2, 0) is 16.4 Å². The zero-order chi connectivity index (χ0) is 16.9. The molecule has 0 saturated carbocycles. The molecule has 0 spiro atoms. The van der Waals surface area contributed by atoms with Crippen molar-refractivity contribution < 1.29 is 8.42 Å². The van der Waals surface area contributed by atoms with Crippen LogP contribution in [0.15, 0.2) is 30.3 Å². The zero-order valence-corrected chi connectivity index (χ0v) is 15.3. The molecule has 0 aliphatic carbocycles. The van der Waals surface area contributed by atoms with E-state index >= 15 is 0 Å². The van der Waals surface area contributed by atoms with E-state index in [1.165, 1.54) is 11.8 Å². The lowest BCUT2D eigenvalue weighted by atomic mass is 9.90. The van der Waals surface area contributed by atoms with Crippen molar-refractivity contribution in [2.24, 2.45) is 5.92 Å². The SMILES string of the molecule is CC[C@@H]1CN(S(C)(=O)=O)CC[C@@H]1N[C@@H](C)CCc1ccccc1. The highest BCUT2D eigenvalue weighted by Crippen LogP contribution is 2.23. The Bertz CT molecular complexity index is 574. The fraction of sp³-hybridized carbons (Fsp3) is 0.667. The minimum absolute atomic E-state index is 0.401. The van der Waals surface area contributed by atoms with Crippen LogP contribution < -0.4 is 5.32 Å². The molecule has 0 aromatic heterocycles. The average molecular weight is 339 g/mol. The molecule has 0 radical (unpaired) electrons. The van der Waals surface area contributed by atoms with Crippen molar-refractivity contribution in [3.63, 3.8) is 0 Å². The van der Waals surface area contributed by atoms with E-state index in [9.17, 15) is 8.42 Å². The van der Waals surface area contributed by atoms with Crippen LogP contribution in [0.25, 0.3) is 0 Å². The molecule has 1 saturated heterocycles. The number of aryl methyl sites for hydroxylation is 1. The van der Waals surface area contributed by atoms with Gasteiger partial charge in [-0.1, -0.05) is 43.7 Å². The summed E-state index contributed by atoms with van der Waals surface area (Å²) in [6, 6.07) is 11.4. The van der Waals surface area contributed by atoms with Gasteiger partial charge in [-0.15, -0.1) is 0 Å². The van der Waals surface area contributed by atoms with Crippen molar-refractivity contribution in [3.8, 4) is 0 Å². The van der Waals surface area contributed by atoms with Crippen LogP contribution in [-0.4, -0.2) is 44.2 Å². The molecule has 1 aromatic rings. The highest BCUT2D eigenvalue weighted by molar-refractivity contribution is 7.88. The first-order valence-corrected chi connectivity index (χ1v) is 10.5. The molecular weight excluding hydrogens is 308 g/mol. The number of hydrogen-bond acceptors (Lipinski definition) is 3. The number of rotatable bonds is 7. The van der Waals surface area contributed by atoms with Crippen molar-refractivity contribution >= 4 is 10.0 Å². The molecule has 1 N–H and O–H groups in total. The van der Waals surface area contributed by atoms with E-state index in [1.807, 2.05) is 6.07 Å². The lowest BCUT2D eigenvalue weighted by Gasteiger charge is -2.38. The number of sulfonamides is 1. The Morgan fingerprint density at radius 3 is 2.61 bits per heavy atom. The Labute approximate surface area is 141 Å². The summed E-state index contributed by atoms with van der Waals surface area (Å²) in [5.74, 6) is 0.401. The summed E-state index contributed by atoms with van der Waals surface area (Å²) in [4.78, 5) is 0. The number of nitrogens with one attached hydrogen (secondary N) is 1. The number of hydrogen-bond donors (Lipinski definition) is 1. The van der Waals surface area contributed by atoms with Crippen LogP contribution in [0.3, 0.4) is 0 Å². The number of piperidine rings is 1. The van der Waals surface area contributed by atoms with Crippen molar-refractivity contribution in [2.45, 2.75) is 51.6 Å². The third kappa shape index (κ3) is 5.59. The second-order valence-corrected chi connectivity index (χ2v) is 8.76. The molecule has 1 heterocycles. The second kappa shape index (κ2) is 8.27. The Kier molecular flexibility index (Phi) is 6.62. The summed E-state index contributed by atoms with van der Waals surface area (Å²) in [6.45, 7) is 5.68. The van der Waals surface area contributed by atoms with E-state index in [4.69, 9.17) is 0 Å². The zero-order valence-electron chi connectivity index (χ0n) is 14.5. The summed E-state index contributed by atoms with van der Waals surface area (Å²) in [5, 5.41) is 3.74. The molecule has 0 bridgehead atoms. The molecule has 5 heteroatoms. The topological polar surface area (TPSA) is 49.4 Å². The molecule has 1 fully saturated rings. The van der Waals surface area contributed by atoms with Gasteiger partial charge in [-0.25, -0.2) is 12.7 Å². The second-order valence-electron chi connectivity index (χ2n) is 6.78. The Morgan fingerprint density at radius 1 is 1.30 bits per heavy atom. The summed E-state index contributed by atoms with van der Waals surface area (Å²) in [7, 11) is -3.06. The van der Waals surface area contributed by atoms with Gasteiger partial charge >= 0.3 is 0 Å². The normalized spacial score (nSPS) is 24.5. The highest BCUT2D eigenvalue weighted by Gasteiger charge is 2.32. The molecule has 0 unspecified atom stereocenters. The van der Waals surface area contributed by atoms with Gasteiger partial charge in [0.25, 0.3) is 0 Å². The van der Waals surface area contributed by atoms with Crippen LogP contribution in [0.1, 0.15) is 38.7 Å². The monoisotopic (exact) mass is 338 g/mol. The largest absolute Gasteiger partial charge is 0.311 e. The number of nitrogens with zero attached hydrogens (tertiary/aromatic N) is 1. The van der Waals surface area contributed by atoms with E-state index in [-0.39, 0.29) is 0 Å². The molecule has 4 nitrogen and oxygen atoms in total. The Balaban J connectivity index is 1.84. The molecule has 0 amide bonds. The maximum atomic E-state index is 11.7. The molecule has 23 heavy (non-hydrogen) atoms. The first kappa shape index (κ1) is 18.4. The van der Waals surface area contributed by atoms with Gasteiger partial charge < -0.3 is 5.32 Å². The predicted octanol–water partition coefficient (Wildman–Crippen LogP) is 2.66. The molecule has 1 aromatic carbocycles. The standard InChI is InChI=1S/C18H30N2O2S/c1-4-17-14-20(23(3,21)22)13-12-18(17)19-15(2)10-11-16-8-6-5-7-9-16/h5-9,15,17-19H,4,10-14H2,1-3H3/t15-,17+,18-/m0/s1. The summed E-state index contributed by atoms with van der Waals surface area (Å²) in [6.07, 6.45) is 5.41. The average Bonchev–Trinajstić information content (AvgIpc) is 2.53. The molecule has 1 aliphatic heterocycles. The van der Waals surface area contributed by atoms with Gasteiger partial charge in [0.2, 0.25) is 10.0 Å². The van der Waals surface area contributed by atoms with E-state index in [2.05, 4.69) is 43.4 Å². The van der Waals surface area contributed by atoms with E-state index in [1.54, 1.807) is 4.31 Å². The molecule has 1 aliphatic rings. The highest BCUT2D eigenvalue weighted by atomic mass is 32.2. The van der Waals surface area contributed by atoms with Crippen molar-refractivity contribution in [2.75, 3.05) is 19.3 Å². The third-order valence-corrected chi connectivity index (χ3v) is 6.17. The van der Waals surface area contributed by atoms with Crippen molar-refractivity contribution in [1.82, 2.24) is 9.62 Å². The fourth-order valence-electron chi connectivity index (χ4n) is 3.41. The van der Waals surface area contributed by atoms with Crippen LogP contribution >= 0.6 is 0 Å². The molecule has 130 valence electrons. The first-order chi connectivity index (χ1) is 10.9. The van der Waals surface area contributed by atoms with Crippen LogP contribution in [0.5, 0.6) is 0 Å². The summed E-state index contributed by atoms with van der Waals surface area (Å²) < 4.78 is 25.1. The van der Waals surface area contributed by atoms with Gasteiger partial charge in [-0.05, 0) is 37.7 Å². The third-order valence-electron chi connectivity index (χ3n) is 4.90. The van der Waals surface area contributed by atoms with E-state index in [0.717, 1.165) is 25.7 Å². The smallest absolute Gasteiger partial charge is 0.211 e. The van der Waals surface area contributed by atoms with Crippen molar-refractivity contribution in [1.29, 1.82) is 0 Å². The minimum Gasteiger partial charge on any atom is -0.311 e. The lowest BCUT2D eigenvalue weighted by molar-refractivity contribution is 0.191. The van der Waals surface area contributed by atoms with Gasteiger partial charge in [0.05, 0.1) is 6.26 Å². The first-order valence-electron chi connectivity index (χ1n) is 8.65. The van der Waals surface area contributed by atoms with Gasteiger partial charge in [-0.2, -0.15) is 0 Å². The summed E-state index contributed by atoms with van der Waals surface area (Å²) >= 11 is 0. The Morgan fingerprint density at radius 2 is 2.00 bits per heavy atom. The molecule has 3 atom stereocenters. The number of benzene rings is 1. The predicted molar refractivity (Wildman–Crippen MR) is 96.0 cm³/mol. The quantitative estimate of drug-likeness (QED) is 0.831. The van der Waals surface area contributed by atoms with Crippen LogP contribution in [0.4, 0.5) is 0 Å². The maximum absolute atomic E-state index is 11.7. The van der Waals surface area contributed by atoms with E-state index in [0.29, 0.717) is 31.1 Å².